The number of benzene rings is 2. The molecule has 1 atom stereocenters. The fraction of sp³-hybridized carbons (Fsp3) is 0.320. The second-order valence-electron chi connectivity index (χ2n) is 8.13. The highest BCUT2D eigenvalue weighted by Gasteiger charge is 2.44. The molecule has 1 saturated heterocycles. The summed E-state index contributed by atoms with van der Waals surface area (Å²) in [5.74, 6) is -2.32. The van der Waals surface area contributed by atoms with Crippen LogP contribution in [0.2, 0.25) is 0 Å². The summed E-state index contributed by atoms with van der Waals surface area (Å²) in [6.07, 6.45) is 6.83. The number of anilines is 1. The monoisotopic (exact) mass is 438 g/mol. The lowest BCUT2D eigenvalue weighted by Crippen LogP contribution is -2.46. The highest BCUT2D eigenvalue weighted by atomic mass is 19.1. The van der Waals surface area contributed by atoms with Crippen LogP contribution in [-0.4, -0.2) is 35.2 Å². The van der Waals surface area contributed by atoms with E-state index in [1.807, 2.05) is 0 Å². The first-order chi connectivity index (χ1) is 15.4. The van der Waals surface area contributed by atoms with Crippen molar-refractivity contribution >= 4 is 23.4 Å². The van der Waals surface area contributed by atoms with Crippen LogP contribution < -0.4 is 4.90 Å². The van der Waals surface area contributed by atoms with Crippen LogP contribution in [0.15, 0.2) is 60.2 Å². The number of hydrogen-bond donors (Lipinski definition) is 0. The van der Waals surface area contributed by atoms with Crippen LogP contribution in [0.25, 0.3) is 0 Å². The Morgan fingerprint density at radius 2 is 1.62 bits per heavy atom. The third kappa shape index (κ3) is 4.61. The molecule has 0 saturated carbocycles. The van der Waals surface area contributed by atoms with Crippen LogP contribution in [0.1, 0.15) is 48.9 Å². The Bertz CT molecular complexity index is 1050. The van der Waals surface area contributed by atoms with Gasteiger partial charge in [-0.2, -0.15) is 0 Å². The van der Waals surface area contributed by atoms with E-state index in [2.05, 4.69) is 6.08 Å². The molecule has 0 aromatic heterocycles. The van der Waals surface area contributed by atoms with Gasteiger partial charge in [0.25, 0.3) is 11.8 Å². The molecule has 1 aliphatic carbocycles. The predicted octanol–water partition coefficient (Wildman–Crippen LogP) is 4.63. The van der Waals surface area contributed by atoms with Gasteiger partial charge in [-0.15, -0.1) is 0 Å². The molecule has 0 N–H and O–H groups in total. The summed E-state index contributed by atoms with van der Waals surface area (Å²) < 4.78 is 26.7. The third-order valence-electron chi connectivity index (χ3n) is 5.99. The molecule has 7 heteroatoms. The van der Waals surface area contributed by atoms with Crippen molar-refractivity contribution in [2.75, 3.05) is 11.4 Å². The highest BCUT2D eigenvalue weighted by molar-refractivity contribution is 6.23. The maximum Gasteiger partial charge on any atom is 0.257 e. The van der Waals surface area contributed by atoms with Crippen molar-refractivity contribution in [1.29, 1.82) is 0 Å². The summed E-state index contributed by atoms with van der Waals surface area (Å²) in [7, 11) is 0. The minimum absolute atomic E-state index is 0.151. The van der Waals surface area contributed by atoms with Gasteiger partial charge >= 0.3 is 0 Å². The minimum atomic E-state index is -0.964. The molecule has 0 bridgehead atoms. The smallest absolute Gasteiger partial charge is 0.257 e. The number of amides is 3. The molecular weight excluding hydrogens is 414 g/mol. The first-order valence-corrected chi connectivity index (χ1v) is 10.8. The molecule has 3 amide bonds. The lowest BCUT2D eigenvalue weighted by atomic mass is 9.96. The summed E-state index contributed by atoms with van der Waals surface area (Å²) in [6.45, 7) is 0.281. The molecule has 1 aliphatic heterocycles. The standard InChI is InChI=1S/C25H24F2N2O3/c26-19-8-6-18(7-9-19)24(31)28(15-14-17-4-2-1-3-5-17)22-16-23(30)29(25(22)32)21-12-10-20(27)11-13-21/h4,6-13,22H,1-3,5,14-16H2. The Morgan fingerprint density at radius 1 is 0.969 bits per heavy atom. The van der Waals surface area contributed by atoms with E-state index in [1.54, 1.807) is 0 Å². The summed E-state index contributed by atoms with van der Waals surface area (Å²) >= 11 is 0. The Morgan fingerprint density at radius 3 is 2.25 bits per heavy atom. The molecule has 1 heterocycles. The van der Waals surface area contributed by atoms with Gasteiger partial charge in [-0.05, 0) is 80.6 Å². The molecule has 5 nitrogen and oxygen atoms in total. The number of allylic oxidation sites excluding steroid dienone is 1. The van der Waals surface area contributed by atoms with Crippen LogP contribution in [0, 0.1) is 11.6 Å². The molecule has 2 aromatic carbocycles. The largest absolute Gasteiger partial charge is 0.326 e. The van der Waals surface area contributed by atoms with Gasteiger partial charge in [-0.1, -0.05) is 11.6 Å². The Hall–Kier alpha value is -3.35. The molecule has 32 heavy (non-hydrogen) atoms. The van der Waals surface area contributed by atoms with E-state index < -0.39 is 35.4 Å². The van der Waals surface area contributed by atoms with Gasteiger partial charge in [0.1, 0.15) is 17.7 Å². The van der Waals surface area contributed by atoms with Crippen LogP contribution >= 0.6 is 0 Å². The predicted molar refractivity (Wildman–Crippen MR) is 116 cm³/mol. The zero-order valence-corrected chi connectivity index (χ0v) is 17.6. The fourth-order valence-corrected chi connectivity index (χ4v) is 4.27. The van der Waals surface area contributed by atoms with Crippen molar-refractivity contribution in [2.24, 2.45) is 0 Å². The number of imide groups is 1. The second-order valence-corrected chi connectivity index (χ2v) is 8.13. The van der Waals surface area contributed by atoms with Crippen molar-refractivity contribution in [2.45, 2.75) is 44.6 Å². The van der Waals surface area contributed by atoms with Crippen molar-refractivity contribution in [1.82, 2.24) is 4.90 Å². The SMILES string of the molecule is O=C1CC(N(CCC2=CCCCC2)C(=O)c2ccc(F)cc2)C(=O)N1c1ccc(F)cc1. The number of halogens is 2. The van der Waals surface area contributed by atoms with E-state index in [-0.39, 0.29) is 24.2 Å². The van der Waals surface area contributed by atoms with Gasteiger partial charge < -0.3 is 4.90 Å². The van der Waals surface area contributed by atoms with E-state index in [4.69, 9.17) is 0 Å². The Labute approximate surface area is 185 Å². The zero-order chi connectivity index (χ0) is 22.7. The Balaban J connectivity index is 1.60. The first-order valence-electron chi connectivity index (χ1n) is 10.8. The molecule has 4 rings (SSSR count). The number of carbonyl (C=O) groups excluding carboxylic acids is 3. The normalized spacial score (nSPS) is 18.6. The quantitative estimate of drug-likeness (QED) is 0.488. The first kappa shape index (κ1) is 21.9. The van der Waals surface area contributed by atoms with Gasteiger partial charge in [-0.3, -0.25) is 14.4 Å². The average Bonchev–Trinajstić information content (AvgIpc) is 3.09. The molecule has 2 aromatic rings. The topological polar surface area (TPSA) is 57.7 Å². The maximum atomic E-state index is 13.4. The van der Waals surface area contributed by atoms with Crippen LogP contribution in [0.5, 0.6) is 0 Å². The fourth-order valence-electron chi connectivity index (χ4n) is 4.27. The maximum absolute atomic E-state index is 13.4. The molecule has 166 valence electrons. The third-order valence-corrected chi connectivity index (χ3v) is 5.99. The van der Waals surface area contributed by atoms with Gasteiger partial charge in [0.15, 0.2) is 0 Å². The summed E-state index contributed by atoms with van der Waals surface area (Å²) in [5.41, 5.74) is 1.76. The van der Waals surface area contributed by atoms with Crippen molar-refractivity contribution in [3.8, 4) is 0 Å². The van der Waals surface area contributed by atoms with Gasteiger partial charge in [0, 0.05) is 12.1 Å². The van der Waals surface area contributed by atoms with Gasteiger partial charge in [-0.25, -0.2) is 13.7 Å². The second kappa shape index (κ2) is 9.42. The highest BCUT2D eigenvalue weighted by Crippen LogP contribution is 2.28. The minimum Gasteiger partial charge on any atom is -0.326 e. The number of rotatable bonds is 6. The zero-order valence-electron chi connectivity index (χ0n) is 17.6. The van der Waals surface area contributed by atoms with Gasteiger partial charge in [0.2, 0.25) is 5.91 Å². The van der Waals surface area contributed by atoms with Crippen LogP contribution in [-0.2, 0) is 9.59 Å². The number of nitrogens with zero attached hydrogens (tertiary/aromatic N) is 2. The van der Waals surface area contributed by atoms with E-state index in [0.717, 1.165) is 30.6 Å². The molecule has 2 aliphatic rings. The lowest BCUT2D eigenvalue weighted by Gasteiger charge is -2.28. The van der Waals surface area contributed by atoms with E-state index in [0.29, 0.717) is 6.42 Å². The van der Waals surface area contributed by atoms with E-state index in [9.17, 15) is 23.2 Å². The van der Waals surface area contributed by atoms with Crippen LogP contribution in [0.4, 0.5) is 14.5 Å². The summed E-state index contributed by atoms with van der Waals surface area (Å²) in [6, 6.07) is 9.28. The summed E-state index contributed by atoms with van der Waals surface area (Å²) in [4.78, 5) is 41.7. The summed E-state index contributed by atoms with van der Waals surface area (Å²) in [5, 5.41) is 0. The molecule has 0 spiro atoms. The van der Waals surface area contributed by atoms with Crippen LogP contribution in [0.3, 0.4) is 0 Å². The molecule has 1 fully saturated rings. The Kier molecular flexibility index (Phi) is 6.44. The number of hydrogen-bond acceptors (Lipinski definition) is 3. The van der Waals surface area contributed by atoms with E-state index in [1.165, 1.54) is 59.0 Å². The lowest BCUT2D eigenvalue weighted by molar-refractivity contribution is -0.122. The average molecular weight is 438 g/mol. The molecule has 0 radical (unpaired) electrons. The molecular formula is C25H24F2N2O3. The van der Waals surface area contributed by atoms with E-state index >= 15 is 0 Å². The number of carbonyl (C=O) groups is 3. The van der Waals surface area contributed by atoms with Crippen molar-refractivity contribution < 1.29 is 23.2 Å². The van der Waals surface area contributed by atoms with Crippen molar-refractivity contribution in [3.05, 3.63) is 77.4 Å². The van der Waals surface area contributed by atoms with Crippen molar-refractivity contribution in [3.63, 3.8) is 0 Å². The molecule has 1 unspecified atom stereocenters. The van der Waals surface area contributed by atoms with Gasteiger partial charge in [0.05, 0.1) is 12.1 Å².